The number of nitrogens with one attached hydrogen (secondary N) is 1. The average Bonchev–Trinajstić information content (AvgIpc) is 2.35. The minimum atomic E-state index is 0.354. The number of hydrogen-bond acceptors (Lipinski definition) is 2. The normalized spacial score (nSPS) is 14.6. The average molecular weight is 272 g/mol. The van der Waals surface area contributed by atoms with Crippen LogP contribution in [0.25, 0.3) is 0 Å². The van der Waals surface area contributed by atoms with Gasteiger partial charge >= 0.3 is 0 Å². The number of rotatable bonds is 7. The Kier molecular flexibility index (Phi) is 7.02. The zero-order chi connectivity index (χ0) is 12.7. The van der Waals surface area contributed by atoms with Gasteiger partial charge in [-0.25, -0.2) is 0 Å². The molecule has 0 fully saturated rings. The summed E-state index contributed by atoms with van der Waals surface area (Å²) in [5.41, 5.74) is 1.21. The van der Waals surface area contributed by atoms with Gasteiger partial charge in [-0.05, 0) is 24.6 Å². The van der Waals surface area contributed by atoms with E-state index in [1.165, 1.54) is 12.0 Å². The number of benzene rings is 1. The van der Waals surface area contributed by atoms with E-state index in [0.29, 0.717) is 11.3 Å². The molecule has 1 aromatic carbocycles. The lowest BCUT2D eigenvalue weighted by atomic mass is 10.1. The van der Waals surface area contributed by atoms with Gasteiger partial charge in [0.1, 0.15) is 0 Å². The van der Waals surface area contributed by atoms with Gasteiger partial charge in [0.05, 0.1) is 0 Å². The topological polar surface area (TPSA) is 12.0 Å². The van der Waals surface area contributed by atoms with Crippen molar-refractivity contribution in [3.63, 3.8) is 0 Å². The van der Waals surface area contributed by atoms with Crippen molar-refractivity contribution in [3.8, 4) is 0 Å². The summed E-state index contributed by atoms with van der Waals surface area (Å²) < 4.78 is 0. The highest BCUT2D eigenvalue weighted by Crippen LogP contribution is 2.27. The molecule has 0 saturated carbocycles. The molecule has 0 heterocycles. The van der Waals surface area contributed by atoms with Crippen LogP contribution >= 0.6 is 23.4 Å². The first-order chi connectivity index (χ1) is 8.19. The Morgan fingerprint density at radius 3 is 2.59 bits per heavy atom. The molecule has 2 atom stereocenters. The minimum Gasteiger partial charge on any atom is -0.309 e. The third-order valence-corrected chi connectivity index (χ3v) is 4.63. The molecule has 1 rings (SSSR count). The van der Waals surface area contributed by atoms with E-state index in [0.717, 1.165) is 17.3 Å². The predicted octanol–water partition coefficient (Wildman–Crippen LogP) is 4.52. The Morgan fingerprint density at radius 1 is 1.29 bits per heavy atom. The van der Waals surface area contributed by atoms with E-state index in [4.69, 9.17) is 11.6 Å². The molecular formula is C14H22ClNS. The molecular weight excluding hydrogens is 250 g/mol. The molecule has 1 N–H and O–H groups in total. The lowest BCUT2D eigenvalue weighted by Gasteiger charge is -2.20. The first kappa shape index (κ1) is 14.9. The maximum atomic E-state index is 6.25. The second-order valence-electron chi connectivity index (χ2n) is 4.18. The smallest absolute Gasteiger partial charge is 0.0454 e. The summed E-state index contributed by atoms with van der Waals surface area (Å²) in [6.45, 7) is 7.62. The summed E-state index contributed by atoms with van der Waals surface area (Å²) >= 11 is 8.26. The van der Waals surface area contributed by atoms with Crippen molar-refractivity contribution in [2.45, 2.75) is 38.5 Å². The van der Waals surface area contributed by atoms with Crippen LogP contribution < -0.4 is 5.32 Å². The Morgan fingerprint density at radius 2 is 2.00 bits per heavy atom. The molecule has 0 radical (unpaired) electrons. The summed E-state index contributed by atoms with van der Waals surface area (Å²) in [6.07, 6.45) is 1.21. The van der Waals surface area contributed by atoms with E-state index in [9.17, 15) is 0 Å². The highest BCUT2D eigenvalue weighted by molar-refractivity contribution is 7.99. The number of halogens is 1. The first-order valence-electron chi connectivity index (χ1n) is 6.28. The maximum Gasteiger partial charge on any atom is 0.0454 e. The lowest BCUT2D eigenvalue weighted by molar-refractivity contribution is 0.605. The van der Waals surface area contributed by atoms with Crippen molar-refractivity contribution in [1.82, 2.24) is 5.32 Å². The van der Waals surface area contributed by atoms with Crippen LogP contribution in [-0.2, 0) is 0 Å². The van der Waals surface area contributed by atoms with Crippen molar-refractivity contribution >= 4 is 23.4 Å². The molecule has 1 nitrogen and oxygen atoms in total. The van der Waals surface area contributed by atoms with Crippen molar-refractivity contribution in [2.75, 3.05) is 12.3 Å². The van der Waals surface area contributed by atoms with Gasteiger partial charge in [-0.15, -0.1) is 0 Å². The van der Waals surface area contributed by atoms with Gasteiger partial charge in [0.25, 0.3) is 0 Å². The molecule has 0 saturated heterocycles. The van der Waals surface area contributed by atoms with Crippen LogP contribution in [0.2, 0.25) is 5.02 Å². The van der Waals surface area contributed by atoms with Gasteiger partial charge in [0.2, 0.25) is 0 Å². The molecule has 0 aromatic heterocycles. The molecule has 0 aliphatic rings. The molecule has 0 aliphatic heterocycles. The Labute approximate surface area is 114 Å². The van der Waals surface area contributed by atoms with Gasteiger partial charge in [-0.2, -0.15) is 11.8 Å². The summed E-state index contributed by atoms with van der Waals surface area (Å²) in [4.78, 5) is 0. The fourth-order valence-electron chi connectivity index (χ4n) is 1.64. The monoisotopic (exact) mass is 271 g/mol. The van der Waals surface area contributed by atoms with E-state index in [-0.39, 0.29) is 0 Å². The van der Waals surface area contributed by atoms with Gasteiger partial charge in [-0.1, -0.05) is 50.6 Å². The summed E-state index contributed by atoms with van der Waals surface area (Å²) in [6, 6.07) is 8.48. The molecule has 2 unspecified atom stereocenters. The van der Waals surface area contributed by atoms with Crippen LogP contribution in [0, 0.1) is 0 Å². The molecule has 3 heteroatoms. The number of thioether (sulfide) groups is 1. The Hall–Kier alpha value is -0.180. The third-order valence-electron chi connectivity index (χ3n) is 2.85. The third kappa shape index (κ3) is 4.90. The molecule has 17 heavy (non-hydrogen) atoms. The van der Waals surface area contributed by atoms with Gasteiger partial charge in [0, 0.05) is 22.1 Å². The fraction of sp³-hybridized carbons (Fsp3) is 0.571. The predicted molar refractivity (Wildman–Crippen MR) is 80.1 cm³/mol. The first-order valence-corrected chi connectivity index (χ1v) is 7.71. The van der Waals surface area contributed by atoms with Crippen LogP contribution in [-0.4, -0.2) is 17.5 Å². The van der Waals surface area contributed by atoms with Crippen LogP contribution in [0.15, 0.2) is 24.3 Å². The van der Waals surface area contributed by atoms with Crippen LogP contribution in [0.3, 0.4) is 0 Å². The zero-order valence-electron chi connectivity index (χ0n) is 10.9. The van der Waals surface area contributed by atoms with Crippen LogP contribution in [0.5, 0.6) is 0 Å². The second kappa shape index (κ2) is 8.02. The summed E-state index contributed by atoms with van der Waals surface area (Å²) in [5, 5.41) is 5.09. The Balaban J connectivity index is 2.68. The lowest BCUT2D eigenvalue weighted by Crippen LogP contribution is -2.24. The minimum absolute atomic E-state index is 0.354. The highest BCUT2D eigenvalue weighted by atomic mass is 35.5. The zero-order valence-corrected chi connectivity index (χ0v) is 12.4. The van der Waals surface area contributed by atoms with Crippen LogP contribution in [0.4, 0.5) is 0 Å². The SMILES string of the molecule is CCNC(CSC(C)CC)c1ccccc1Cl. The molecule has 1 aromatic rings. The van der Waals surface area contributed by atoms with E-state index < -0.39 is 0 Å². The molecule has 0 spiro atoms. The standard InChI is InChI=1S/C14H22ClNS/c1-4-11(3)17-10-14(16-5-2)12-8-6-7-9-13(12)15/h6-9,11,14,16H,4-5,10H2,1-3H3. The van der Waals surface area contributed by atoms with E-state index in [2.05, 4.69) is 38.2 Å². The molecule has 0 amide bonds. The quantitative estimate of drug-likeness (QED) is 0.782. The highest BCUT2D eigenvalue weighted by Gasteiger charge is 2.14. The Bertz CT molecular complexity index is 330. The van der Waals surface area contributed by atoms with Crippen LogP contribution in [0.1, 0.15) is 38.8 Å². The molecule has 0 aliphatic carbocycles. The number of hydrogen-bond donors (Lipinski definition) is 1. The van der Waals surface area contributed by atoms with E-state index in [1.54, 1.807) is 0 Å². The molecule has 0 bridgehead atoms. The maximum absolute atomic E-state index is 6.25. The van der Waals surface area contributed by atoms with Crippen molar-refractivity contribution in [3.05, 3.63) is 34.9 Å². The fourth-order valence-corrected chi connectivity index (χ4v) is 2.96. The second-order valence-corrected chi connectivity index (χ2v) is 6.06. The van der Waals surface area contributed by atoms with E-state index >= 15 is 0 Å². The van der Waals surface area contributed by atoms with Crippen molar-refractivity contribution in [1.29, 1.82) is 0 Å². The summed E-state index contributed by atoms with van der Waals surface area (Å²) in [5.74, 6) is 1.08. The summed E-state index contributed by atoms with van der Waals surface area (Å²) in [7, 11) is 0. The largest absolute Gasteiger partial charge is 0.309 e. The van der Waals surface area contributed by atoms with Gasteiger partial charge in [-0.3, -0.25) is 0 Å². The molecule has 96 valence electrons. The van der Waals surface area contributed by atoms with Gasteiger partial charge < -0.3 is 5.32 Å². The van der Waals surface area contributed by atoms with Crippen molar-refractivity contribution < 1.29 is 0 Å². The van der Waals surface area contributed by atoms with E-state index in [1.807, 2.05) is 23.9 Å². The van der Waals surface area contributed by atoms with Crippen molar-refractivity contribution in [2.24, 2.45) is 0 Å². The van der Waals surface area contributed by atoms with Gasteiger partial charge in [0.15, 0.2) is 0 Å².